The summed E-state index contributed by atoms with van der Waals surface area (Å²) >= 11 is 1.27. The Balaban J connectivity index is 1.95. The number of aromatic amines is 1. The molecule has 5 rings (SSSR count). The molecule has 10 nitrogen and oxygen atoms in total. The third-order valence-electron chi connectivity index (χ3n) is 4.87. The zero-order valence-electron chi connectivity index (χ0n) is 15.4. The number of nitrogens with one attached hydrogen (secondary N) is 1. The Bertz CT molecular complexity index is 1550. The van der Waals surface area contributed by atoms with Gasteiger partial charge in [0.25, 0.3) is 5.56 Å². The predicted molar refractivity (Wildman–Crippen MR) is 109 cm³/mol. The third-order valence-corrected chi connectivity index (χ3v) is 5.61. The fraction of sp³-hybridized carbons (Fsp3) is 0.105. The minimum absolute atomic E-state index is 0.00375. The zero-order valence-corrected chi connectivity index (χ0v) is 16.3. The van der Waals surface area contributed by atoms with E-state index in [1.54, 1.807) is 22.9 Å². The molecule has 0 aliphatic carbocycles. The number of aromatic nitrogens is 5. The number of hydrogen-bond acceptors (Lipinski definition) is 7. The minimum Gasteiger partial charge on any atom is -0.477 e. The Labute approximate surface area is 170 Å². The highest BCUT2D eigenvalue weighted by Gasteiger charge is 2.27. The molecule has 0 unspecified atom stereocenters. The maximum Gasteiger partial charge on any atom is 0.354 e. The molecule has 0 amide bonds. The Hall–Kier alpha value is -3.99. The highest BCUT2D eigenvalue weighted by molar-refractivity contribution is 7.09. The van der Waals surface area contributed by atoms with Crippen LogP contribution in [0.15, 0.2) is 49.5 Å². The Morgan fingerprint density at radius 3 is 2.83 bits per heavy atom. The second-order valence-electron chi connectivity index (χ2n) is 6.73. The molecule has 2 N–H and O–H groups in total. The number of carbonyl (C=O) groups is 1. The van der Waals surface area contributed by atoms with Gasteiger partial charge in [-0.1, -0.05) is 16.8 Å². The molecule has 5 aromatic rings. The van der Waals surface area contributed by atoms with Crippen molar-refractivity contribution in [2.75, 3.05) is 0 Å². The molecule has 1 aromatic carbocycles. The van der Waals surface area contributed by atoms with Crippen LogP contribution in [0.2, 0.25) is 0 Å². The molecule has 0 fully saturated rings. The summed E-state index contributed by atoms with van der Waals surface area (Å²) in [5.74, 6) is -1.03. The van der Waals surface area contributed by atoms with Gasteiger partial charge in [-0.3, -0.25) is 4.79 Å². The van der Waals surface area contributed by atoms with Gasteiger partial charge in [-0.25, -0.2) is 14.2 Å². The van der Waals surface area contributed by atoms with Crippen LogP contribution >= 0.6 is 11.3 Å². The maximum atomic E-state index is 13.1. The number of rotatable bonds is 4. The van der Waals surface area contributed by atoms with Crippen molar-refractivity contribution in [2.24, 2.45) is 0 Å². The van der Waals surface area contributed by atoms with Crippen LogP contribution in [0.25, 0.3) is 27.5 Å². The summed E-state index contributed by atoms with van der Waals surface area (Å²) in [5, 5.41) is 17.8. The highest BCUT2D eigenvalue weighted by atomic mass is 32.1. The summed E-state index contributed by atoms with van der Waals surface area (Å²) in [4.78, 5) is 44.9. The van der Waals surface area contributed by atoms with E-state index in [9.17, 15) is 19.5 Å². The largest absolute Gasteiger partial charge is 0.477 e. The van der Waals surface area contributed by atoms with E-state index in [0.29, 0.717) is 21.8 Å². The van der Waals surface area contributed by atoms with E-state index in [0.717, 1.165) is 16.5 Å². The van der Waals surface area contributed by atoms with Gasteiger partial charge in [0.2, 0.25) is 6.39 Å². The fourth-order valence-electron chi connectivity index (χ4n) is 3.61. The van der Waals surface area contributed by atoms with Gasteiger partial charge in [-0.05, 0) is 19.1 Å². The van der Waals surface area contributed by atoms with Crippen LogP contribution in [0, 0.1) is 6.92 Å². The third kappa shape index (κ3) is 2.59. The van der Waals surface area contributed by atoms with Gasteiger partial charge in [0.1, 0.15) is 0 Å². The molecule has 0 aliphatic rings. The number of carboxylic acids is 1. The van der Waals surface area contributed by atoms with Crippen molar-refractivity contribution in [3.05, 3.63) is 73.3 Å². The lowest BCUT2D eigenvalue weighted by Gasteiger charge is -2.08. The van der Waals surface area contributed by atoms with Crippen molar-refractivity contribution < 1.29 is 14.4 Å². The Morgan fingerprint density at radius 2 is 2.10 bits per heavy atom. The van der Waals surface area contributed by atoms with Crippen LogP contribution in [0.4, 0.5) is 0 Å². The van der Waals surface area contributed by atoms with E-state index in [-0.39, 0.29) is 23.8 Å². The van der Waals surface area contributed by atoms with Crippen LogP contribution in [0.3, 0.4) is 0 Å². The lowest BCUT2D eigenvalue weighted by atomic mass is 10.1. The normalized spacial score (nSPS) is 11.5. The number of H-pyrrole nitrogens is 1. The first-order valence-corrected chi connectivity index (χ1v) is 9.73. The van der Waals surface area contributed by atoms with Crippen molar-refractivity contribution in [3.8, 4) is 5.69 Å². The number of fused-ring (bicyclic) bond motifs is 2. The smallest absolute Gasteiger partial charge is 0.354 e. The SMILES string of the molecule is Cc1ccc2c(c1)c(-n1c(=O)[nH]c3cscc3c1=O)c(C(=O)O)n2Cc1ncon1. The number of hydrogen-bond donors (Lipinski definition) is 2. The minimum atomic E-state index is -1.29. The number of benzene rings is 1. The molecule has 0 radical (unpaired) electrons. The molecule has 0 bridgehead atoms. The summed E-state index contributed by atoms with van der Waals surface area (Å²) in [5.41, 5.74) is 0.264. The van der Waals surface area contributed by atoms with E-state index < -0.39 is 17.2 Å². The second kappa shape index (κ2) is 6.52. The van der Waals surface area contributed by atoms with Gasteiger partial charge in [-0.2, -0.15) is 4.98 Å². The van der Waals surface area contributed by atoms with E-state index in [1.807, 2.05) is 13.0 Å². The summed E-state index contributed by atoms with van der Waals surface area (Å²) in [6, 6.07) is 5.30. The molecule has 0 aliphatic heterocycles. The number of thiophene rings is 1. The van der Waals surface area contributed by atoms with Crippen LogP contribution in [0.1, 0.15) is 21.9 Å². The monoisotopic (exact) mass is 423 g/mol. The first kappa shape index (κ1) is 18.1. The van der Waals surface area contributed by atoms with Gasteiger partial charge in [-0.15, -0.1) is 11.3 Å². The standard InChI is InChI=1S/C19H13N5O5S/c1-9-2-3-13-10(4-9)15(16(18(26)27)23(13)5-14-20-8-29-22-14)24-17(25)11-6-30-7-12(11)21-19(24)28/h2-4,6-8H,5H2,1H3,(H,21,28)(H,26,27). The van der Waals surface area contributed by atoms with Crippen LogP contribution in [-0.2, 0) is 6.54 Å². The van der Waals surface area contributed by atoms with E-state index in [1.165, 1.54) is 15.9 Å². The topological polar surface area (TPSA) is 136 Å². The summed E-state index contributed by atoms with van der Waals surface area (Å²) < 4.78 is 7.10. The molecular formula is C19H13N5O5S. The van der Waals surface area contributed by atoms with E-state index in [2.05, 4.69) is 15.1 Å². The molecule has 0 atom stereocenters. The van der Waals surface area contributed by atoms with Crippen molar-refractivity contribution in [3.63, 3.8) is 0 Å². The van der Waals surface area contributed by atoms with Crippen molar-refractivity contribution >= 4 is 39.1 Å². The second-order valence-corrected chi connectivity index (χ2v) is 7.47. The number of aromatic carboxylic acids is 1. The molecule has 4 aromatic heterocycles. The van der Waals surface area contributed by atoms with Crippen LogP contribution in [0.5, 0.6) is 0 Å². The van der Waals surface area contributed by atoms with Gasteiger partial charge < -0.3 is 19.2 Å². The Morgan fingerprint density at radius 1 is 1.27 bits per heavy atom. The van der Waals surface area contributed by atoms with Crippen LogP contribution < -0.4 is 11.2 Å². The summed E-state index contributed by atoms with van der Waals surface area (Å²) in [6.07, 6.45) is 1.15. The first-order chi connectivity index (χ1) is 14.5. The van der Waals surface area contributed by atoms with Gasteiger partial charge in [0.15, 0.2) is 11.5 Å². The molecule has 0 saturated carbocycles. The van der Waals surface area contributed by atoms with Crippen molar-refractivity contribution in [1.82, 2.24) is 24.3 Å². The van der Waals surface area contributed by atoms with E-state index >= 15 is 0 Å². The molecule has 0 saturated heterocycles. The molecule has 150 valence electrons. The lowest BCUT2D eigenvalue weighted by Crippen LogP contribution is -2.34. The average molecular weight is 423 g/mol. The molecule has 30 heavy (non-hydrogen) atoms. The predicted octanol–water partition coefficient (Wildman–Crippen LogP) is 2.13. The molecule has 4 heterocycles. The van der Waals surface area contributed by atoms with Gasteiger partial charge >= 0.3 is 11.7 Å². The summed E-state index contributed by atoms with van der Waals surface area (Å²) in [7, 11) is 0. The first-order valence-electron chi connectivity index (χ1n) is 8.78. The number of carboxylic acid groups (broad SMARTS) is 1. The van der Waals surface area contributed by atoms with Crippen LogP contribution in [-0.4, -0.2) is 35.3 Å². The summed E-state index contributed by atoms with van der Waals surface area (Å²) in [6.45, 7) is 1.83. The number of nitrogens with zero attached hydrogens (tertiary/aromatic N) is 4. The zero-order chi connectivity index (χ0) is 21.0. The lowest BCUT2D eigenvalue weighted by molar-refractivity contribution is 0.0686. The van der Waals surface area contributed by atoms with Crippen molar-refractivity contribution in [1.29, 1.82) is 0 Å². The Kier molecular flexibility index (Phi) is 3.93. The average Bonchev–Trinajstić information content (AvgIpc) is 3.42. The van der Waals surface area contributed by atoms with Gasteiger partial charge in [0.05, 0.1) is 28.7 Å². The quantitative estimate of drug-likeness (QED) is 0.452. The molecular weight excluding hydrogens is 410 g/mol. The van der Waals surface area contributed by atoms with E-state index in [4.69, 9.17) is 4.52 Å². The molecule has 0 spiro atoms. The fourth-order valence-corrected chi connectivity index (χ4v) is 4.36. The maximum absolute atomic E-state index is 13.1. The number of aryl methyl sites for hydroxylation is 1. The van der Waals surface area contributed by atoms with Crippen molar-refractivity contribution in [2.45, 2.75) is 13.5 Å². The molecule has 11 heteroatoms. The highest BCUT2D eigenvalue weighted by Crippen LogP contribution is 2.30. The van der Waals surface area contributed by atoms with Gasteiger partial charge in [0, 0.05) is 16.1 Å².